The lowest BCUT2D eigenvalue weighted by Crippen LogP contribution is -2.31. The van der Waals surface area contributed by atoms with Crippen molar-refractivity contribution in [2.75, 3.05) is 36.8 Å². The van der Waals surface area contributed by atoms with E-state index in [9.17, 15) is 0 Å². The summed E-state index contributed by atoms with van der Waals surface area (Å²) in [6, 6.07) is 12.0. The molecule has 1 aromatic carbocycles. The van der Waals surface area contributed by atoms with E-state index in [1.807, 2.05) is 37.3 Å². The molecule has 1 fully saturated rings. The number of benzene rings is 1. The molecule has 0 spiro atoms. The van der Waals surface area contributed by atoms with E-state index in [1.54, 1.807) is 0 Å². The van der Waals surface area contributed by atoms with Gasteiger partial charge in [-0.3, -0.25) is 4.90 Å². The summed E-state index contributed by atoms with van der Waals surface area (Å²) < 4.78 is 0. The fourth-order valence-electron chi connectivity index (χ4n) is 3.04. The van der Waals surface area contributed by atoms with Crippen molar-refractivity contribution in [2.45, 2.75) is 19.9 Å². The van der Waals surface area contributed by atoms with E-state index in [2.05, 4.69) is 25.8 Å². The standard InChI is InChI=1S/C18H22N6/c1-14-11-17(22-18(20)21-14)24-8-2-7-23(9-10-24)13-16-5-3-15(12-19)4-6-16/h3-6,11H,2,7-10,13H2,1H3,(H2,20,21,22). The zero-order valence-corrected chi connectivity index (χ0v) is 13.9. The molecule has 2 heterocycles. The van der Waals surface area contributed by atoms with Gasteiger partial charge in [0.2, 0.25) is 5.95 Å². The largest absolute Gasteiger partial charge is 0.368 e. The molecule has 0 saturated carbocycles. The maximum Gasteiger partial charge on any atom is 0.222 e. The predicted octanol–water partition coefficient (Wildman–Crippen LogP) is 1.95. The molecule has 1 saturated heterocycles. The smallest absolute Gasteiger partial charge is 0.222 e. The lowest BCUT2D eigenvalue weighted by atomic mass is 10.1. The average molecular weight is 322 g/mol. The number of nitrogens with two attached hydrogens (primary N) is 1. The molecule has 3 rings (SSSR count). The van der Waals surface area contributed by atoms with Crippen LogP contribution in [-0.4, -0.2) is 41.0 Å². The monoisotopic (exact) mass is 322 g/mol. The van der Waals surface area contributed by atoms with Gasteiger partial charge in [-0.1, -0.05) is 12.1 Å². The minimum atomic E-state index is 0.337. The number of anilines is 2. The van der Waals surface area contributed by atoms with Crippen LogP contribution in [0, 0.1) is 18.3 Å². The van der Waals surface area contributed by atoms with Crippen LogP contribution in [0.1, 0.15) is 23.2 Å². The molecule has 1 aliphatic rings. The molecule has 0 aliphatic carbocycles. The van der Waals surface area contributed by atoms with Crippen molar-refractivity contribution in [2.24, 2.45) is 0 Å². The van der Waals surface area contributed by atoms with Crippen molar-refractivity contribution in [3.63, 3.8) is 0 Å². The Morgan fingerprint density at radius 3 is 2.62 bits per heavy atom. The van der Waals surface area contributed by atoms with Crippen LogP contribution < -0.4 is 10.6 Å². The molecule has 124 valence electrons. The van der Waals surface area contributed by atoms with E-state index in [1.165, 1.54) is 5.56 Å². The van der Waals surface area contributed by atoms with Crippen molar-refractivity contribution >= 4 is 11.8 Å². The molecule has 24 heavy (non-hydrogen) atoms. The fraction of sp³-hybridized carbons (Fsp3) is 0.389. The van der Waals surface area contributed by atoms with Crippen molar-refractivity contribution in [1.82, 2.24) is 14.9 Å². The molecule has 0 unspecified atom stereocenters. The molecule has 6 heteroatoms. The zero-order chi connectivity index (χ0) is 16.9. The highest BCUT2D eigenvalue weighted by atomic mass is 15.3. The number of hydrogen-bond acceptors (Lipinski definition) is 6. The topological polar surface area (TPSA) is 82.1 Å². The number of aryl methyl sites for hydroxylation is 1. The molecular formula is C18H22N6. The predicted molar refractivity (Wildman–Crippen MR) is 94.4 cm³/mol. The van der Waals surface area contributed by atoms with Crippen molar-refractivity contribution in [3.05, 3.63) is 47.2 Å². The number of nitriles is 1. The number of aromatic nitrogens is 2. The maximum absolute atomic E-state index is 8.88. The average Bonchev–Trinajstić information content (AvgIpc) is 2.80. The van der Waals surface area contributed by atoms with Gasteiger partial charge in [-0.15, -0.1) is 0 Å². The molecule has 2 N–H and O–H groups in total. The first kappa shape index (κ1) is 16.2. The molecule has 1 aliphatic heterocycles. The zero-order valence-electron chi connectivity index (χ0n) is 13.9. The molecule has 0 atom stereocenters. The number of rotatable bonds is 3. The quantitative estimate of drug-likeness (QED) is 0.930. The first-order chi connectivity index (χ1) is 11.6. The summed E-state index contributed by atoms with van der Waals surface area (Å²) in [5.74, 6) is 1.25. The van der Waals surface area contributed by atoms with Crippen LogP contribution in [0.5, 0.6) is 0 Å². The Bertz CT molecular complexity index is 714. The van der Waals surface area contributed by atoms with Crippen LogP contribution in [0.4, 0.5) is 11.8 Å². The summed E-state index contributed by atoms with van der Waals surface area (Å²) in [4.78, 5) is 13.2. The lowest BCUT2D eigenvalue weighted by Gasteiger charge is -2.23. The highest BCUT2D eigenvalue weighted by Crippen LogP contribution is 2.17. The molecule has 0 bridgehead atoms. The molecule has 2 aromatic rings. The second kappa shape index (κ2) is 7.28. The van der Waals surface area contributed by atoms with Gasteiger partial charge in [-0.2, -0.15) is 10.2 Å². The van der Waals surface area contributed by atoms with E-state index in [0.717, 1.165) is 50.7 Å². The van der Waals surface area contributed by atoms with Gasteiger partial charge in [-0.05, 0) is 31.0 Å². The minimum absolute atomic E-state index is 0.337. The van der Waals surface area contributed by atoms with Gasteiger partial charge < -0.3 is 10.6 Å². The van der Waals surface area contributed by atoms with Gasteiger partial charge in [0, 0.05) is 44.5 Å². The van der Waals surface area contributed by atoms with Gasteiger partial charge in [0.25, 0.3) is 0 Å². The van der Waals surface area contributed by atoms with Gasteiger partial charge in [0.05, 0.1) is 11.6 Å². The summed E-state index contributed by atoms with van der Waals surface area (Å²) >= 11 is 0. The maximum atomic E-state index is 8.88. The van der Waals surface area contributed by atoms with Gasteiger partial charge in [-0.25, -0.2) is 4.98 Å². The van der Waals surface area contributed by atoms with Gasteiger partial charge in [0.1, 0.15) is 5.82 Å². The minimum Gasteiger partial charge on any atom is -0.368 e. The third-order valence-electron chi connectivity index (χ3n) is 4.26. The van der Waals surface area contributed by atoms with Crippen LogP contribution >= 0.6 is 0 Å². The third-order valence-corrected chi connectivity index (χ3v) is 4.26. The summed E-state index contributed by atoms with van der Waals surface area (Å²) in [7, 11) is 0. The van der Waals surface area contributed by atoms with Crippen LogP contribution in [0.15, 0.2) is 30.3 Å². The second-order valence-electron chi connectivity index (χ2n) is 6.15. The Labute approximate surface area is 142 Å². The van der Waals surface area contributed by atoms with Crippen LogP contribution in [0.2, 0.25) is 0 Å². The van der Waals surface area contributed by atoms with E-state index in [4.69, 9.17) is 11.0 Å². The Hall–Kier alpha value is -2.65. The fourth-order valence-corrected chi connectivity index (χ4v) is 3.04. The first-order valence-electron chi connectivity index (χ1n) is 8.21. The third kappa shape index (κ3) is 4.00. The van der Waals surface area contributed by atoms with E-state index < -0.39 is 0 Å². The van der Waals surface area contributed by atoms with E-state index >= 15 is 0 Å². The number of nitrogens with zero attached hydrogens (tertiary/aromatic N) is 5. The van der Waals surface area contributed by atoms with E-state index in [-0.39, 0.29) is 0 Å². The normalized spacial score (nSPS) is 15.8. The van der Waals surface area contributed by atoms with Gasteiger partial charge >= 0.3 is 0 Å². The summed E-state index contributed by atoms with van der Waals surface area (Å²) in [5, 5.41) is 8.88. The van der Waals surface area contributed by atoms with Gasteiger partial charge in [0.15, 0.2) is 0 Å². The summed E-state index contributed by atoms with van der Waals surface area (Å²) in [6.07, 6.45) is 1.08. The number of nitrogen functional groups attached to an aromatic ring is 1. The van der Waals surface area contributed by atoms with E-state index in [0.29, 0.717) is 11.5 Å². The number of hydrogen-bond donors (Lipinski definition) is 1. The molecule has 1 aromatic heterocycles. The second-order valence-corrected chi connectivity index (χ2v) is 6.15. The molecular weight excluding hydrogens is 300 g/mol. The molecule has 0 amide bonds. The molecule has 6 nitrogen and oxygen atoms in total. The Morgan fingerprint density at radius 1 is 1.12 bits per heavy atom. The molecule has 0 radical (unpaired) electrons. The SMILES string of the molecule is Cc1cc(N2CCCN(Cc3ccc(C#N)cc3)CC2)nc(N)n1. The van der Waals surface area contributed by atoms with Crippen LogP contribution in [-0.2, 0) is 6.54 Å². The highest BCUT2D eigenvalue weighted by Gasteiger charge is 2.17. The van der Waals surface area contributed by atoms with Crippen LogP contribution in [0.25, 0.3) is 0 Å². The summed E-state index contributed by atoms with van der Waals surface area (Å²) in [5.41, 5.74) is 8.62. The Kier molecular flexibility index (Phi) is 4.92. The van der Waals surface area contributed by atoms with Crippen molar-refractivity contribution < 1.29 is 0 Å². The first-order valence-corrected chi connectivity index (χ1v) is 8.21. The Balaban J connectivity index is 1.63. The lowest BCUT2D eigenvalue weighted by molar-refractivity contribution is 0.285. The van der Waals surface area contributed by atoms with Crippen LogP contribution in [0.3, 0.4) is 0 Å². The van der Waals surface area contributed by atoms with Crippen molar-refractivity contribution in [1.29, 1.82) is 5.26 Å². The Morgan fingerprint density at radius 2 is 1.92 bits per heavy atom. The van der Waals surface area contributed by atoms with Crippen molar-refractivity contribution in [3.8, 4) is 6.07 Å². The summed E-state index contributed by atoms with van der Waals surface area (Å²) in [6.45, 7) is 6.77. The highest BCUT2D eigenvalue weighted by molar-refractivity contribution is 5.43.